The molecule has 1 atom stereocenters. The summed E-state index contributed by atoms with van der Waals surface area (Å²) in [6.07, 6.45) is 3.11. The van der Waals surface area contributed by atoms with Gasteiger partial charge in [-0.25, -0.2) is 0 Å². The number of carbonyl (C=O) groups excluding carboxylic acids is 3. The molecule has 3 heterocycles. The molecule has 2 aromatic rings. The summed E-state index contributed by atoms with van der Waals surface area (Å²) in [6.45, 7) is 3.55. The Balaban J connectivity index is 1.28. The third-order valence-corrected chi connectivity index (χ3v) is 5.70. The van der Waals surface area contributed by atoms with E-state index in [2.05, 4.69) is 5.32 Å². The fourth-order valence-corrected chi connectivity index (χ4v) is 3.96. The molecule has 1 aromatic heterocycles. The summed E-state index contributed by atoms with van der Waals surface area (Å²) < 4.78 is 5.17. The van der Waals surface area contributed by atoms with Gasteiger partial charge in [0.15, 0.2) is 5.76 Å². The monoisotopic (exact) mass is 395 g/mol. The van der Waals surface area contributed by atoms with Crippen molar-refractivity contribution in [2.45, 2.75) is 32.2 Å². The molecule has 1 aromatic carbocycles. The van der Waals surface area contributed by atoms with Gasteiger partial charge in [-0.1, -0.05) is 17.7 Å². The van der Waals surface area contributed by atoms with Crippen LogP contribution in [0.4, 0.5) is 5.69 Å². The molecular weight excluding hydrogens is 370 g/mol. The SMILES string of the molecule is Cc1ccc(N2CC(C(=O)NC3CCN(C(=O)c4ccco4)CC3)CC2=O)cc1. The van der Waals surface area contributed by atoms with Crippen LogP contribution in [-0.4, -0.2) is 48.3 Å². The summed E-state index contributed by atoms with van der Waals surface area (Å²) in [6, 6.07) is 11.1. The molecule has 7 heteroatoms. The van der Waals surface area contributed by atoms with Crippen LogP contribution in [0.25, 0.3) is 0 Å². The van der Waals surface area contributed by atoms with Gasteiger partial charge in [0.25, 0.3) is 5.91 Å². The highest BCUT2D eigenvalue weighted by molar-refractivity contribution is 6.00. The number of carbonyl (C=O) groups is 3. The number of furan rings is 1. The predicted molar refractivity (Wildman–Crippen MR) is 107 cm³/mol. The maximum Gasteiger partial charge on any atom is 0.289 e. The van der Waals surface area contributed by atoms with Crippen LogP contribution in [-0.2, 0) is 9.59 Å². The lowest BCUT2D eigenvalue weighted by atomic mass is 10.0. The van der Waals surface area contributed by atoms with Crippen LogP contribution in [0.15, 0.2) is 47.1 Å². The van der Waals surface area contributed by atoms with E-state index in [4.69, 9.17) is 4.42 Å². The summed E-state index contributed by atoms with van der Waals surface area (Å²) in [7, 11) is 0. The molecule has 2 aliphatic heterocycles. The summed E-state index contributed by atoms with van der Waals surface area (Å²) >= 11 is 0. The highest BCUT2D eigenvalue weighted by Gasteiger charge is 2.36. The Morgan fingerprint density at radius 2 is 1.83 bits per heavy atom. The molecule has 1 N–H and O–H groups in total. The van der Waals surface area contributed by atoms with Crippen LogP contribution < -0.4 is 10.2 Å². The van der Waals surface area contributed by atoms with Gasteiger partial charge in [-0.05, 0) is 44.0 Å². The fraction of sp³-hybridized carbons (Fsp3) is 0.409. The summed E-state index contributed by atoms with van der Waals surface area (Å²) in [4.78, 5) is 40.9. The average molecular weight is 395 g/mol. The van der Waals surface area contributed by atoms with E-state index in [-0.39, 0.29) is 36.1 Å². The predicted octanol–water partition coefficient (Wildman–Crippen LogP) is 2.36. The van der Waals surface area contributed by atoms with Crippen molar-refractivity contribution in [2.24, 2.45) is 5.92 Å². The van der Waals surface area contributed by atoms with Crippen LogP contribution in [0, 0.1) is 12.8 Å². The number of nitrogens with zero attached hydrogens (tertiary/aromatic N) is 2. The number of hydrogen-bond acceptors (Lipinski definition) is 4. The lowest BCUT2D eigenvalue weighted by molar-refractivity contribution is -0.127. The van der Waals surface area contributed by atoms with Gasteiger partial charge < -0.3 is 19.5 Å². The molecule has 1 unspecified atom stereocenters. The van der Waals surface area contributed by atoms with Gasteiger partial charge in [-0.3, -0.25) is 14.4 Å². The first-order chi connectivity index (χ1) is 14.0. The van der Waals surface area contributed by atoms with Gasteiger partial charge in [0.2, 0.25) is 11.8 Å². The Bertz CT molecular complexity index is 883. The van der Waals surface area contributed by atoms with E-state index in [1.54, 1.807) is 21.9 Å². The number of nitrogens with one attached hydrogen (secondary N) is 1. The van der Waals surface area contributed by atoms with Crippen molar-refractivity contribution in [3.05, 3.63) is 54.0 Å². The molecule has 0 bridgehead atoms. The van der Waals surface area contributed by atoms with Gasteiger partial charge in [-0.15, -0.1) is 0 Å². The molecule has 0 radical (unpaired) electrons. The standard InChI is InChI=1S/C22H25N3O4/c1-15-4-6-18(7-5-15)25-14-16(13-20(25)26)21(27)23-17-8-10-24(11-9-17)22(28)19-3-2-12-29-19/h2-7,12,16-17H,8-11,13-14H2,1H3,(H,23,27). The van der Waals surface area contributed by atoms with Crippen molar-refractivity contribution < 1.29 is 18.8 Å². The Morgan fingerprint density at radius 3 is 2.48 bits per heavy atom. The first-order valence-electron chi connectivity index (χ1n) is 10.0. The Morgan fingerprint density at radius 1 is 1.10 bits per heavy atom. The molecule has 0 spiro atoms. The molecule has 29 heavy (non-hydrogen) atoms. The van der Waals surface area contributed by atoms with Crippen LogP contribution in [0.5, 0.6) is 0 Å². The second-order valence-corrected chi connectivity index (χ2v) is 7.79. The first kappa shape index (κ1) is 19.2. The number of amides is 3. The quantitative estimate of drug-likeness (QED) is 0.862. The van der Waals surface area contributed by atoms with Gasteiger partial charge in [0.1, 0.15) is 0 Å². The van der Waals surface area contributed by atoms with Crippen LogP contribution in [0.2, 0.25) is 0 Å². The summed E-state index contributed by atoms with van der Waals surface area (Å²) in [5, 5.41) is 3.08. The van der Waals surface area contributed by atoms with Crippen LogP contribution in [0.3, 0.4) is 0 Å². The van der Waals surface area contributed by atoms with Crippen molar-refractivity contribution >= 4 is 23.4 Å². The van der Waals surface area contributed by atoms with Crippen molar-refractivity contribution in [3.63, 3.8) is 0 Å². The molecule has 2 aliphatic rings. The summed E-state index contributed by atoms with van der Waals surface area (Å²) in [5.41, 5.74) is 1.97. The minimum absolute atomic E-state index is 0.0201. The second-order valence-electron chi connectivity index (χ2n) is 7.79. The highest BCUT2D eigenvalue weighted by Crippen LogP contribution is 2.26. The third-order valence-electron chi connectivity index (χ3n) is 5.70. The van der Waals surface area contributed by atoms with Crippen LogP contribution >= 0.6 is 0 Å². The number of anilines is 1. The Kier molecular flexibility index (Phi) is 5.38. The lowest BCUT2D eigenvalue weighted by Crippen LogP contribution is -2.48. The normalized spacial score (nSPS) is 20.2. The number of aryl methyl sites for hydroxylation is 1. The van der Waals surface area contributed by atoms with E-state index >= 15 is 0 Å². The van der Waals surface area contributed by atoms with E-state index in [9.17, 15) is 14.4 Å². The van der Waals surface area contributed by atoms with Gasteiger partial charge >= 0.3 is 0 Å². The molecule has 0 aliphatic carbocycles. The fourth-order valence-electron chi connectivity index (χ4n) is 3.96. The molecule has 2 fully saturated rings. The van der Waals surface area contributed by atoms with E-state index in [1.165, 1.54) is 6.26 Å². The van der Waals surface area contributed by atoms with E-state index in [0.29, 0.717) is 38.2 Å². The molecule has 152 valence electrons. The van der Waals surface area contributed by atoms with E-state index < -0.39 is 0 Å². The zero-order valence-corrected chi connectivity index (χ0v) is 16.5. The largest absolute Gasteiger partial charge is 0.459 e. The minimum atomic E-state index is -0.341. The number of rotatable bonds is 4. The van der Waals surface area contributed by atoms with Crippen LogP contribution in [0.1, 0.15) is 35.4 Å². The third kappa shape index (κ3) is 4.18. The second kappa shape index (κ2) is 8.11. The number of likely N-dealkylation sites (tertiary alicyclic amines) is 1. The topological polar surface area (TPSA) is 82.9 Å². The molecular formula is C22H25N3O4. The number of piperidine rings is 1. The zero-order valence-electron chi connectivity index (χ0n) is 16.5. The van der Waals surface area contributed by atoms with E-state index in [0.717, 1.165) is 11.3 Å². The maximum atomic E-state index is 12.7. The lowest BCUT2D eigenvalue weighted by Gasteiger charge is -2.32. The Labute approximate surface area is 169 Å². The smallest absolute Gasteiger partial charge is 0.289 e. The Hall–Kier alpha value is -3.09. The molecule has 3 amide bonds. The highest BCUT2D eigenvalue weighted by atomic mass is 16.3. The average Bonchev–Trinajstić information content (AvgIpc) is 3.39. The van der Waals surface area contributed by atoms with Gasteiger partial charge in [0, 0.05) is 37.8 Å². The summed E-state index contributed by atoms with van der Waals surface area (Å²) in [5.74, 6) is -0.216. The van der Waals surface area contributed by atoms with Crippen molar-refractivity contribution in [1.82, 2.24) is 10.2 Å². The van der Waals surface area contributed by atoms with Crippen molar-refractivity contribution in [1.29, 1.82) is 0 Å². The molecule has 7 nitrogen and oxygen atoms in total. The van der Waals surface area contributed by atoms with Crippen molar-refractivity contribution in [3.8, 4) is 0 Å². The van der Waals surface area contributed by atoms with Gasteiger partial charge in [-0.2, -0.15) is 0 Å². The molecule has 2 saturated heterocycles. The van der Waals surface area contributed by atoms with E-state index in [1.807, 2.05) is 31.2 Å². The number of benzene rings is 1. The molecule has 4 rings (SSSR count). The molecule has 0 saturated carbocycles. The number of hydrogen-bond donors (Lipinski definition) is 1. The zero-order chi connectivity index (χ0) is 20.4. The van der Waals surface area contributed by atoms with Gasteiger partial charge in [0.05, 0.1) is 12.2 Å². The minimum Gasteiger partial charge on any atom is -0.459 e. The first-order valence-corrected chi connectivity index (χ1v) is 10.0. The van der Waals surface area contributed by atoms with Crippen molar-refractivity contribution in [2.75, 3.05) is 24.5 Å². The maximum absolute atomic E-state index is 12.7.